The van der Waals surface area contributed by atoms with E-state index in [0.717, 1.165) is 15.4 Å². The van der Waals surface area contributed by atoms with Gasteiger partial charge in [-0.1, -0.05) is 72.3 Å². The van der Waals surface area contributed by atoms with Gasteiger partial charge in [0.05, 0.1) is 17.7 Å². The quantitative estimate of drug-likeness (QED) is 0.210. The summed E-state index contributed by atoms with van der Waals surface area (Å²) in [5.41, 5.74) is 2.43. The van der Waals surface area contributed by atoms with Gasteiger partial charge in [-0.3, -0.25) is 13.9 Å². The topological polar surface area (TPSA) is 96.0 Å². The maximum absolute atomic E-state index is 14.5. The molecule has 0 bridgehead atoms. The summed E-state index contributed by atoms with van der Waals surface area (Å²) in [6.45, 7) is 4.80. The third-order valence-electron chi connectivity index (χ3n) is 7.21. The lowest BCUT2D eigenvalue weighted by atomic mass is 10.0. The molecule has 10 heteroatoms. The third kappa shape index (κ3) is 8.48. The third-order valence-corrected chi connectivity index (χ3v) is 8.98. The van der Waals surface area contributed by atoms with Crippen LogP contribution in [-0.2, 0) is 32.6 Å². The number of ether oxygens (including phenoxy) is 1. The Kier molecular flexibility index (Phi) is 11.0. The number of benzene rings is 4. The van der Waals surface area contributed by atoms with Gasteiger partial charge in [0.25, 0.3) is 10.0 Å². The van der Waals surface area contributed by atoms with E-state index in [9.17, 15) is 22.4 Å². The number of carbonyl (C=O) groups is 2. The number of halogens is 1. The molecule has 0 aliphatic rings. The number of hydrogen-bond acceptors (Lipinski definition) is 5. The van der Waals surface area contributed by atoms with Gasteiger partial charge in [-0.15, -0.1) is 0 Å². The maximum atomic E-state index is 14.5. The van der Waals surface area contributed by atoms with Crippen molar-refractivity contribution < 1.29 is 27.1 Å². The van der Waals surface area contributed by atoms with Crippen LogP contribution in [0.25, 0.3) is 0 Å². The van der Waals surface area contributed by atoms with E-state index in [0.29, 0.717) is 5.56 Å². The van der Waals surface area contributed by atoms with Gasteiger partial charge in [0.2, 0.25) is 11.8 Å². The summed E-state index contributed by atoms with van der Waals surface area (Å²) in [5.74, 6) is -1.21. The van der Waals surface area contributed by atoms with Crippen molar-refractivity contribution in [3.8, 4) is 5.75 Å². The number of carbonyl (C=O) groups excluding carboxylic acids is 2. The van der Waals surface area contributed by atoms with Crippen molar-refractivity contribution >= 4 is 27.5 Å². The molecule has 0 saturated heterocycles. The molecule has 45 heavy (non-hydrogen) atoms. The summed E-state index contributed by atoms with van der Waals surface area (Å²) in [7, 11) is -2.86. The zero-order valence-corrected chi connectivity index (χ0v) is 26.6. The van der Waals surface area contributed by atoms with Gasteiger partial charge >= 0.3 is 0 Å². The standard InChI is InChI=1S/C35H38FN3O5S/c1-25(2)37-35(41)32(22-27-10-6-5-7-11-27)38(23-28-16-18-29(36)19-17-28)34(40)24-39(31-12-8-9-13-33(31)44-4)45(42,43)30-20-14-26(3)15-21-30/h5-21,25,32H,22-24H2,1-4H3,(H,37,41)/t32-/m1/s1. The first kappa shape index (κ1) is 33.2. The van der Waals surface area contributed by atoms with E-state index < -0.39 is 40.2 Å². The van der Waals surface area contributed by atoms with E-state index in [2.05, 4.69) is 5.32 Å². The minimum atomic E-state index is -4.28. The number of sulfonamides is 1. The Hall–Kier alpha value is -4.70. The molecule has 0 aliphatic carbocycles. The number of rotatable bonds is 13. The fourth-order valence-corrected chi connectivity index (χ4v) is 6.33. The molecule has 8 nitrogen and oxygen atoms in total. The average molecular weight is 632 g/mol. The zero-order valence-electron chi connectivity index (χ0n) is 25.8. The molecule has 0 aliphatic heterocycles. The lowest BCUT2D eigenvalue weighted by molar-refractivity contribution is -0.140. The molecule has 0 heterocycles. The molecule has 4 aromatic carbocycles. The molecule has 2 amide bonds. The van der Waals surface area contributed by atoms with Crippen LogP contribution >= 0.6 is 0 Å². The van der Waals surface area contributed by atoms with Crippen LogP contribution in [0.4, 0.5) is 10.1 Å². The summed E-state index contributed by atoms with van der Waals surface area (Å²) in [4.78, 5) is 29.6. The van der Waals surface area contributed by atoms with E-state index in [1.165, 1.54) is 48.4 Å². The molecular formula is C35H38FN3O5S. The minimum Gasteiger partial charge on any atom is -0.495 e. The molecule has 0 spiro atoms. The maximum Gasteiger partial charge on any atom is 0.264 e. The van der Waals surface area contributed by atoms with Gasteiger partial charge in [0.15, 0.2) is 0 Å². The molecule has 0 aromatic heterocycles. The summed E-state index contributed by atoms with van der Waals surface area (Å²) < 4.78 is 48.7. The molecule has 4 rings (SSSR count). The SMILES string of the molecule is COc1ccccc1N(CC(=O)N(Cc1ccc(F)cc1)[C@H](Cc1ccccc1)C(=O)NC(C)C)S(=O)(=O)c1ccc(C)cc1. The lowest BCUT2D eigenvalue weighted by Gasteiger charge is -2.34. The van der Waals surface area contributed by atoms with Crippen LogP contribution in [0.2, 0.25) is 0 Å². The number of anilines is 1. The minimum absolute atomic E-state index is 0.00437. The number of hydrogen-bond donors (Lipinski definition) is 1. The predicted octanol–water partition coefficient (Wildman–Crippen LogP) is 5.50. The first-order valence-corrected chi connectivity index (χ1v) is 16.0. The zero-order chi connectivity index (χ0) is 32.6. The van der Waals surface area contributed by atoms with Gasteiger partial charge in [-0.25, -0.2) is 12.8 Å². The number of para-hydroxylation sites is 2. The van der Waals surface area contributed by atoms with Crippen LogP contribution in [0.5, 0.6) is 5.75 Å². The number of amides is 2. The first-order valence-electron chi connectivity index (χ1n) is 14.6. The number of methoxy groups -OCH3 is 1. The average Bonchev–Trinajstić information content (AvgIpc) is 3.02. The highest BCUT2D eigenvalue weighted by molar-refractivity contribution is 7.92. The van der Waals surface area contributed by atoms with Crippen LogP contribution in [0.1, 0.15) is 30.5 Å². The first-order chi connectivity index (χ1) is 21.5. The van der Waals surface area contributed by atoms with Crippen LogP contribution in [0.15, 0.2) is 108 Å². The van der Waals surface area contributed by atoms with Crippen molar-refractivity contribution in [1.29, 1.82) is 0 Å². The largest absolute Gasteiger partial charge is 0.495 e. The molecule has 1 atom stereocenters. The monoisotopic (exact) mass is 631 g/mol. The molecule has 0 radical (unpaired) electrons. The van der Waals surface area contributed by atoms with Crippen LogP contribution < -0.4 is 14.4 Å². The second-order valence-electron chi connectivity index (χ2n) is 11.0. The molecular weight excluding hydrogens is 593 g/mol. The second kappa shape index (κ2) is 14.9. The molecule has 1 N–H and O–H groups in total. The molecule has 0 unspecified atom stereocenters. The highest BCUT2D eigenvalue weighted by Crippen LogP contribution is 2.32. The van der Waals surface area contributed by atoms with Crippen molar-refractivity contribution in [2.45, 2.75) is 50.7 Å². The summed E-state index contributed by atoms with van der Waals surface area (Å²) >= 11 is 0. The van der Waals surface area contributed by atoms with Gasteiger partial charge in [-0.2, -0.15) is 0 Å². The van der Waals surface area contributed by atoms with E-state index in [4.69, 9.17) is 4.74 Å². The Labute approximate surface area is 264 Å². The normalized spacial score (nSPS) is 12.0. The van der Waals surface area contributed by atoms with E-state index in [1.54, 1.807) is 36.4 Å². The fraction of sp³-hybridized carbons (Fsp3) is 0.257. The van der Waals surface area contributed by atoms with E-state index >= 15 is 0 Å². The number of aryl methyl sites for hydroxylation is 1. The Bertz CT molecular complexity index is 1700. The van der Waals surface area contributed by atoms with Crippen molar-refractivity contribution in [3.63, 3.8) is 0 Å². The van der Waals surface area contributed by atoms with Crippen molar-refractivity contribution in [2.24, 2.45) is 0 Å². The van der Waals surface area contributed by atoms with Crippen LogP contribution in [-0.4, -0.2) is 50.9 Å². The second-order valence-corrected chi connectivity index (χ2v) is 12.9. The van der Waals surface area contributed by atoms with E-state index in [1.807, 2.05) is 51.1 Å². The smallest absolute Gasteiger partial charge is 0.264 e. The van der Waals surface area contributed by atoms with Crippen LogP contribution in [0, 0.1) is 12.7 Å². The Balaban J connectivity index is 1.83. The van der Waals surface area contributed by atoms with Crippen LogP contribution in [0.3, 0.4) is 0 Å². The van der Waals surface area contributed by atoms with Gasteiger partial charge in [0.1, 0.15) is 24.2 Å². The van der Waals surface area contributed by atoms with Crippen molar-refractivity contribution in [2.75, 3.05) is 18.0 Å². The lowest BCUT2D eigenvalue weighted by Crippen LogP contribution is -2.54. The van der Waals surface area contributed by atoms with Gasteiger partial charge in [0, 0.05) is 19.0 Å². The Morgan fingerprint density at radius 2 is 1.47 bits per heavy atom. The van der Waals surface area contributed by atoms with Crippen molar-refractivity contribution in [1.82, 2.24) is 10.2 Å². The number of nitrogens with one attached hydrogen (secondary N) is 1. The molecule has 0 saturated carbocycles. The van der Waals surface area contributed by atoms with Crippen molar-refractivity contribution in [3.05, 3.63) is 126 Å². The number of nitrogens with zero attached hydrogens (tertiary/aromatic N) is 2. The van der Waals surface area contributed by atoms with E-state index in [-0.39, 0.29) is 35.3 Å². The van der Waals surface area contributed by atoms with Gasteiger partial charge < -0.3 is 15.0 Å². The fourth-order valence-electron chi connectivity index (χ4n) is 4.91. The highest BCUT2D eigenvalue weighted by atomic mass is 32.2. The van der Waals surface area contributed by atoms with Gasteiger partial charge in [-0.05, 0) is 68.3 Å². The summed E-state index contributed by atoms with van der Waals surface area (Å²) in [6, 6.07) is 26.6. The molecule has 4 aromatic rings. The molecule has 236 valence electrons. The predicted molar refractivity (Wildman–Crippen MR) is 173 cm³/mol. The molecule has 0 fully saturated rings. The Morgan fingerprint density at radius 3 is 2.09 bits per heavy atom. The Morgan fingerprint density at radius 1 is 0.844 bits per heavy atom. The summed E-state index contributed by atoms with van der Waals surface area (Å²) in [5, 5.41) is 2.91. The highest BCUT2D eigenvalue weighted by Gasteiger charge is 2.35. The summed E-state index contributed by atoms with van der Waals surface area (Å²) in [6.07, 6.45) is 0.172.